The summed E-state index contributed by atoms with van der Waals surface area (Å²) in [4.78, 5) is 36.3. The highest BCUT2D eigenvalue weighted by Gasteiger charge is 2.72. The third-order valence-electron chi connectivity index (χ3n) is 8.00. The van der Waals surface area contributed by atoms with Crippen molar-refractivity contribution in [1.82, 2.24) is 20.2 Å². The molecule has 40 heavy (non-hydrogen) atoms. The number of nitrogens with one attached hydrogen (secondary N) is 1. The maximum absolute atomic E-state index is 13.8. The number of rotatable bonds is 5. The monoisotopic (exact) mass is 616 g/mol. The van der Waals surface area contributed by atoms with E-state index in [1.165, 1.54) is 16.2 Å². The van der Waals surface area contributed by atoms with Crippen LogP contribution in [-0.4, -0.2) is 52.5 Å². The van der Waals surface area contributed by atoms with E-state index in [1.54, 1.807) is 25.3 Å². The maximum Gasteiger partial charge on any atom is 0.433 e. The zero-order chi connectivity index (χ0) is 27.0. The second-order valence-electron chi connectivity index (χ2n) is 10.9. The van der Waals surface area contributed by atoms with Gasteiger partial charge in [0.1, 0.15) is 5.69 Å². The minimum atomic E-state index is -4.60. The van der Waals surface area contributed by atoms with Crippen LogP contribution >= 0.6 is 36.2 Å². The van der Waals surface area contributed by atoms with Gasteiger partial charge in [-0.05, 0) is 41.7 Å². The predicted molar refractivity (Wildman–Crippen MR) is 150 cm³/mol. The molecule has 0 bridgehead atoms. The van der Waals surface area contributed by atoms with Crippen LogP contribution in [0.4, 0.5) is 13.2 Å². The van der Waals surface area contributed by atoms with Crippen LogP contribution in [0.5, 0.6) is 0 Å². The summed E-state index contributed by atoms with van der Waals surface area (Å²) in [5.41, 5.74) is 1.33. The van der Waals surface area contributed by atoms with Gasteiger partial charge in [-0.2, -0.15) is 13.2 Å². The molecule has 2 saturated heterocycles. The first kappa shape index (κ1) is 30.6. The summed E-state index contributed by atoms with van der Waals surface area (Å²) in [5, 5.41) is 3.26. The minimum absolute atomic E-state index is 0. The lowest BCUT2D eigenvalue weighted by Gasteiger charge is -2.25. The predicted octanol–water partition coefficient (Wildman–Crippen LogP) is 5.20. The van der Waals surface area contributed by atoms with E-state index in [1.807, 2.05) is 13.8 Å². The summed E-state index contributed by atoms with van der Waals surface area (Å²) in [6.07, 6.45) is -2.81. The van der Waals surface area contributed by atoms with Crippen molar-refractivity contribution in [3.8, 4) is 11.3 Å². The fraction of sp³-hybridized carbons (Fsp3) is 0.481. The van der Waals surface area contributed by atoms with E-state index in [0.717, 1.165) is 17.5 Å². The van der Waals surface area contributed by atoms with Crippen LogP contribution in [0.1, 0.15) is 35.5 Å². The summed E-state index contributed by atoms with van der Waals surface area (Å²) in [7, 11) is 0. The van der Waals surface area contributed by atoms with E-state index in [-0.39, 0.29) is 72.2 Å². The molecular weight excluding hydrogens is 588 g/mol. The highest BCUT2D eigenvalue weighted by molar-refractivity contribution is 7.19. The second-order valence-corrected chi connectivity index (χ2v) is 12.0. The number of amides is 2. The average Bonchev–Trinajstić information content (AvgIpc) is 3.10. The Morgan fingerprint density at radius 3 is 2.50 bits per heavy atom. The number of nitrogens with zero attached hydrogens (tertiary/aromatic N) is 3. The number of carbonyl (C=O) groups excluding carboxylic acids is 2. The normalized spacial score (nSPS) is 23.6. The Labute approximate surface area is 245 Å². The molecule has 2 aliphatic heterocycles. The number of imide groups is 1. The van der Waals surface area contributed by atoms with Crippen LogP contribution in [0.3, 0.4) is 0 Å². The van der Waals surface area contributed by atoms with Crippen molar-refractivity contribution in [2.45, 2.75) is 46.0 Å². The number of hydrogen-bond donors (Lipinski definition) is 1. The summed E-state index contributed by atoms with van der Waals surface area (Å²) in [6.45, 7) is 7.53. The van der Waals surface area contributed by atoms with Crippen molar-refractivity contribution < 1.29 is 27.5 Å². The fourth-order valence-electron chi connectivity index (χ4n) is 5.87. The quantitative estimate of drug-likeness (QED) is 0.397. The smallest absolute Gasteiger partial charge is 0.375 e. The number of hydrogen-bond acceptors (Lipinski definition) is 7. The summed E-state index contributed by atoms with van der Waals surface area (Å²) >= 11 is 1.33. The van der Waals surface area contributed by atoms with Crippen molar-refractivity contribution in [3.63, 3.8) is 0 Å². The second kappa shape index (κ2) is 10.8. The van der Waals surface area contributed by atoms with Gasteiger partial charge in [0, 0.05) is 36.1 Å². The van der Waals surface area contributed by atoms with Gasteiger partial charge in [0.2, 0.25) is 11.8 Å². The Morgan fingerprint density at radius 2 is 1.88 bits per heavy atom. The molecule has 3 aliphatic rings. The van der Waals surface area contributed by atoms with Gasteiger partial charge in [0.05, 0.1) is 47.0 Å². The van der Waals surface area contributed by atoms with Crippen molar-refractivity contribution in [3.05, 3.63) is 46.1 Å². The Morgan fingerprint density at radius 1 is 1.18 bits per heavy atom. The van der Waals surface area contributed by atoms with Crippen LogP contribution in [0.15, 0.2) is 24.4 Å². The zero-order valence-corrected chi connectivity index (χ0v) is 24.5. The molecule has 7 nitrogen and oxygen atoms in total. The lowest BCUT2D eigenvalue weighted by atomic mass is 9.95. The number of aryl methyl sites for hydroxylation is 1. The molecule has 1 N–H and O–H groups in total. The summed E-state index contributed by atoms with van der Waals surface area (Å²) in [6, 6.07) is 4.57. The van der Waals surface area contributed by atoms with Crippen molar-refractivity contribution in [2.75, 3.05) is 19.7 Å². The molecule has 2 unspecified atom stereocenters. The number of morpholine rings is 1. The van der Waals surface area contributed by atoms with Gasteiger partial charge >= 0.3 is 6.18 Å². The largest absolute Gasteiger partial charge is 0.433 e. The van der Waals surface area contributed by atoms with E-state index in [4.69, 9.17) is 4.74 Å². The molecule has 0 spiro atoms. The number of carbonyl (C=O) groups is 2. The van der Waals surface area contributed by atoms with Crippen LogP contribution in [0.25, 0.3) is 21.5 Å². The van der Waals surface area contributed by atoms with E-state index in [9.17, 15) is 22.8 Å². The number of alkyl halides is 3. The van der Waals surface area contributed by atoms with Gasteiger partial charge in [-0.25, -0.2) is 4.98 Å². The van der Waals surface area contributed by atoms with E-state index in [0.29, 0.717) is 46.5 Å². The third kappa shape index (κ3) is 5.11. The fourth-order valence-corrected chi connectivity index (χ4v) is 6.99. The highest BCUT2D eigenvalue weighted by atomic mass is 35.5. The number of pyridine rings is 2. The molecule has 0 aromatic carbocycles. The molecule has 2 amide bonds. The van der Waals surface area contributed by atoms with Crippen LogP contribution < -0.4 is 5.32 Å². The van der Waals surface area contributed by atoms with E-state index in [2.05, 4.69) is 15.3 Å². The molecular formula is C27H29Cl2F3N4O3S. The van der Waals surface area contributed by atoms with Crippen molar-refractivity contribution in [1.29, 1.82) is 0 Å². The number of piperidine rings is 1. The van der Waals surface area contributed by atoms with E-state index < -0.39 is 11.9 Å². The SMILES string of the molecule is Cc1cc(C(F)(F)F)nc(-c2ccnc3cc(CN4C(=O)C5C(C4=O)C5(C)C)sc23)c1C[C@H]1CNCCO1.Cl.Cl. The molecule has 3 atom stereocenters. The minimum Gasteiger partial charge on any atom is -0.375 e. The molecule has 13 heteroatoms. The molecule has 3 aromatic rings. The Kier molecular flexibility index (Phi) is 8.30. The number of thiophene rings is 1. The molecule has 1 saturated carbocycles. The average molecular weight is 618 g/mol. The van der Waals surface area contributed by atoms with Gasteiger partial charge in [0.15, 0.2) is 0 Å². The highest BCUT2D eigenvalue weighted by Crippen LogP contribution is 2.63. The zero-order valence-electron chi connectivity index (χ0n) is 22.0. The molecule has 0 radical (unpaired) electrons. The van der Waals surface area contributed by atoms with Crippen LogP contribution in [0, 0.1) is 24.2 Å². The van der Waals surface area contributed by atoms with Crippen molar-refractivity contribution >= 4 is 58.2 Å². The molecule has 3 aromatic heterocycles. The van der Waals surface area contributed by atoms with E-state index >= 15 is 0 Å². The van der Waals surface area contributed by atoms with Crippen LogP contribution in [0.2, 0.25) is 0 Å². The topological polar surface area (TPSA) is 84.4 Å². The number of fused-ring (bicyclic) bond motifs is 2. The number of ether oxygens (including phenoxy) is 1. The first-order chi connectivity index (χ1) is 18.0. The van der Waals surface area contributed by atoms with Gasteiger partial charge < -0.3 is 10.1 Å². The van der Waals surface area contributed by atoms with Gasteiger partial charge in [-0.3, -0.25) is 19.5 Å². The third-order valence-corrected chi connectivity index (χ3v) is 9.14. The van der Waals surface area contributed by atoms with Gasteiger partial charge in [-0.1, -0.05) is 13.8 Å². The van der Waals surface area contributed by atoms with Gasteiger partial charge in [0.25, 0.3) is 0 Å². The maximum atomic E-state index is 13.8. The lowest BCUT2D eigenvalue weighted by molar-refractivity contribution is -0.144. The Hall–Kier alpha value is -2.31. The summed E-state index contributed by atoms with van der Waals surface area (Å²) < 4.78 is 47.9. The molecule has 3 fully saturated rings. The molecule has 1 aliphatic carbocycles. The Balaban J connectivity index is 0.00000185. The first-order valence-corrected chi connectivity index (χ1v) is 13.4. The molecule has 216 valence electrons. The molecule has 6 rings (SSSR count). The Bertz CT molecular complexity index is 1450. The van der Waals surface area contributed by atoms with Crippen LogP contribution in [-0.2, 0) is 33.5 Å². The summed E-state index contributed by atoms with van der Waals surface area (Å²) in [5.74, 6) is -0.854. The van der Waals surface area contributed by atoms with Crippen molar-refractivity contribution in [2.24, 2.45) is 17.3 Å². The first-order valence-electron chi connectivity index (χ1n) is 12.6. The number of aromatic nitrogens is 2. The standard InChI is InChI=1S/C27H27F3N4O3S.2ClH/c1-13-8-19(27(28,29)30)33-22(17(13)9-14-11-31-6-7-37-14)16-4-5-32-18-10-15(38-23(16)18)12-34-24(35)20-21(25(34)36)26(20,2)3;;/h4-5,8,10,14,20-21,31H,6-7,9,11-12H2,1-3H3;2*1H/t14-,20?,21?;;/m0../s1. The number of likely N-dealkylation sites (tertiary alicyclic amines) is 1. The molecule has 5 heterocycles. The number of halogens is 5. The lowest BCUT2D eigenvalue weighted by Crippen LogP contribution is -2.39. The van der Waals surface area contributed by atoms with Gasteiger partial charge in [-0.15, -0.1) is 36.2 Å².